The molecule has 138 valence electrons. The highest BCUT2D eigenvalue weighted by atomic mass is 15.3. The van der Waals surface area contributed by atoms with Crippen molar-refractivity contribution in [3.8, 4) is 11.3 Å². The van der Waals surface area contributed by atoms with Crippen LogP contribution in [0.5, 0.6) is 0 Å². The van der Waals surface area contributed by atoms with Crippen molar-refractivity contribution in [2.75, 3.05) is 23.3 Å². The van der Waals surface area contributed by atoms with Gasteiger partial charge in [0.2, 0.25) is 5.95 Å². The Labute approximate surface area is 164 Å². The Balaban J connectivity index is 1.58. The van der Waals surface area contributed by atoms with Gasteiger partial charge >= 0.3 is 0 Å². The molecular formula is C23H21N5. The van der Waals surface area contributed by atoms with Gasteiger partial charge in [-0.15, -0.1) is 0 Å². The summed E-state index contributed by atoms with van der Waals surface area (Å²) in [4.78, 5) is 16.5. The SMILES string of the molecule is c1ccc(-c2cc(Nc3cccc4cccnc34)nc(N3CCCC3)n2)cc1. The fourth-order valence-corrected chi connectivity index (χ4v) is 3.66. The molecule has 0 saturated carbocycles. The standard InChI is InChI=1S/C23H21N5/c1-2-8-17(9-3-1)20-16-21(27-23(26-20)28-14-4-5-15-28)25-19-12-6-10-18-11-7-13-24-22(18)19/h1-3,6-13,16H,4-5,14-15H2,(H,25,26,27). The van der Waals surface area contributed by atoms with Crippen molar-refractivity contribution in [3.63, 3.8) is 0 Å². The van der Waals surface area contributed by atoms with E-state index in [4.69, 9.17) is 9.97 Å². The molecule has 0 atom stereocenters. The molecule has 0 amide bonds. The number of nitrogens with one attached hydrogen (secondary N) is 1. The number of para-hydroxylation sites is 1. The highest BCUT2D eigenvalue weighted by molar-refractivity contribution is 5.91. The van der Waals surface area contributed by atoms with Crippen molar-refractivity contribution in [2.24, 2.45) is 0 Å². The summed E-state index contributed by atoms with van der Waals surface area (Å²) in [6.07, 6.45) is 4.20. The number of pyridine rings is 1. The van der Waals surface area contributed by atoms with Crippen LogP contribution in [0.3, 0.4) is 0 Å². The third kappa shape index (κ3) is 3.27. The van der Waals surface area contributed by atoms with Crippen molar-refractivity contribution in [2.45, 2.75) is 12.8 Å². The summed E-state index contributed by atoms with van der Waals surface area (Å²) >= 11 is 0. The van der Waals surface area contributed by atoms with Crippen molar-refractivity contribution >= 4 is 28.4 Å². The van der Waals surface area contributed by atoms with Gasteiger partial charge in [0.15, 0.2) is 0 Å². The first kappa shape index (κ1) is 16.7. The van der Waals surface area contributed by atoms with E-state index in [-0.39, 0.29) is 0 Å². The normalized spacial score (nSPS) is 13.8. The van der Waals surface area contributed by atoms with Crippen LogP contribution in [0.25, 0.3) is 22.2 Å². The fourth-order valence-electron chi connectivity index (χ4n) is 3.66. The maximum absolute atomic E-state index is 4.85. The molecule has 0 radical (unpaired) electrons. The summed E-state index contributed by atoms with van der Waals surface area (Å²) in [6.45, 7) is 2.01. The first-order valence-electron chi connectivity index (χ1n) is 9.67. The number of nitrogens with zero attached hydrogens (tertiary/aromatic N) is 4. The third-order valence-electron chi connectivity index (χ3n) is 5.07. The van der Waals surface area contributed by atoms with Gasteiger partial charge in [-0.25, -0.2) is 4.98 Å². The number of anilines is 3. The van der Waals surface area contributed by atoms with E-state index in [1.54, 1.807) is 0 Å². The predicted molar refractivity (Wildman–Crippen MR) is 114 cm³/mol. The van der Waals surface area contributed by atoms with Gasteiger partial charge in [-0.2, -0.15) is 4.98 Å². The van der Waals surface area contributed by atoms with Crippen LogP contribution in [0.15, 0.2) is 72.9 Å². The number of fused-ring (bicyclic) bond motifs is 1. The Kier molecular flexibility index (Phi) is 4.33. The molecule has 0 aliphatic carbocycles. The van der Waals surface area contributed by atoms with Gasteiger partial charge in [0.25, 0.3) is 0 Å². The second-order valence-electron chi connectivity index (χ2n) is 7.00. The van der Waals surface area contributed by atoms with Gasteiger partial charge in [-0.1, -0.05) is 48.5 Å². The van der Waals surface area contributed by atoms with Crippen molar-refractivity contribution < 1.29 is 0 Å². The molecule has 3 heterocycles. The largest absolute Gasteiger partial charge is 0.341 e. The van der Waals surface area contributed by atoms with E-state index >= 15 is 0 Å². The second-order valence-corrected chi connectivity index (χ2v) is 7.00. The topological polar surface area (TPSA) is 53.9 Å². The minimum absolute atomic E-state index is 0.786. The minimum Gasteiger partial charge on any atom is -0.341 e. The predicted octanol–water partition coefficient (Wildman–Crippen LogP) is 5.04. The lowest BCUT2D eigenvalue weighted by Crippen LogP contribution is -2.21. The summed E-state index contributed by atoms with van der Waals surface area (Å²) in [7, 11) is 0. The van der Waals surface area contributed by atoms with Crippen LogP contribution in [0.4, 0.5) is 17.5 Å². The maximum atomic E-state index is 4.85. The summed E-state index contributed by atoms with van der Waals surface area (Å²) in [5.74, 6) is 1.57. The second kappa shape index (κ2) is 7.27. The maximum Gasteiger partial charge on any atom is 0.227 e. The lowest BCUT2D eigenvalue weighted by atomic mass is 10.1. The van der Waals surface area contributed by atoms with Gasteiger partial charge in [0.1, 0.15) is 5.82 Å². The van der Waals surface area contributed by atoms with E-state index in [9.17, 15) is 0 Å². The van der Waals surface area contributed by atoms with Gasteiger partial charge in [-0.3, -0.25) is 4.98 Å². The lowest BCUT2D eigenvalue weighted by molar-refractivity contribution is 0.902. The smallest absolute Gasteiger partial charge is 0.227 e. The zero-order valence-corrected chi connectivity index (χ0v) is 15.5. The molecule has 1 aliphatic heterocycles. The quantitative estimate of drug-likeness (QED) is 0.548. The molecular weight excluding hydrogens is 346 g/mol. The molecule has 1 fully saturated rings. The van der Waals surface area contributed by atoms with Crippen molar-refractivity contribution in [1.29, 1.82) is 0 Å². The average Bonchev–Trinajstić information content (AvgIpc) is 3.30. The Bertz CT molecular complexity index is 1100. The summed E-state index contributed by atoms with van der Waals surface area (Å²) in [5.41, 5.74) is 3.90. The highest BCUT2D eigenvalue weighted by Gasteiger charge is 2.17. The molecule has 5 heteroatoms. The zero-order valence-electron chi connectivity index (χ0n) is 15.5. The average molecular weight is 367 g/mol. The highest BCUT2D eigenvalue weighted by Crippen LogP contribution is 2.28. The van der Waals surface area contributed by atoms with Crippen molar-refractivity contribution in [1.82, 2.24) is 15.0 Å². The number of aromatic nitrogens is 3. The van der Waals surface area contributed by atoms with E-state index in [2.05, 4.69) is 39.5 Å². The molecule has 5 rings (SSSR count). The van der Waals surface area contributed by atoms with Gasteiger partial charge in [-0.05, 0) is 25.0 Å². The van der Waals surface area contributed by atoms with Gasteiger partial charge < -0.3 is 10.2 Å². The summed E-state index contributed by atoms with van der Waals surface area (Å²) in [6, 6.07) is 22.4. The van der Waals surface area contributed by atoms with Crippen LogP contribution in [-0.2, 0) is 0 Å². The summed E-state index contributed by atoms with van der Waals surface area (Å²) < 4.78 is 0. The van der Waals surface area contributed by atoms with Gasteiger partial charge in [0, 0.05) is 36.3 Å². The van der Waals surface area contributed by atoms with E-state index in [1.807, 2.05) is 48.7 Å². The number of hydrogen-bond donors (Lipinski definition) is 1. The number of hydrogen-bond acceptors (Lipinski definition) is 5. The molecule has 0 spiro atoms. The van der Waals surface area contributed by atoms with E-state index in [0.717, 1.165) is 52.7 Å². The molecule has 2 aromatic carbocycles. The first-order chi connectivity index (χ1) is 13.9. The van der Waals surface area contributed by atoms with Crippen LogP contribution in [0.2, 0.25) is 0 Å². The molecule has 0 bridgehead atoms. The first-order valence-corrected chi connectivity index (χ1v) is 9.67. The monoisotopic (exact) mass is 367 g/mol. The van der Waals surface area contributed by atoms with Crippen LogP contribution < -0.4 is 10.2 Å². The van der Waals surface area contributed by atoms with Crippen molar-refractivity contribution in [3.05, 3.63) is 72.9 Å². The van der Waals surface area contributed by atoms with E-state index < -0.39 is 0 Å². The van der Waals surface area contributed by atoms with Crippen LogP contribution in [0.1, 0.15) is 12.8 Å². The van der Waals surface area contributed by atoms with E-state index in [1.165, 1.54) is 12.8 Å². The minimum atomic E-state index is 0.786. The van der Waals surface area contributed by atoms with Gasteiger partial charge in [0.05, 0.1) is 16.9 Å². The molecule has 28 heavy (non-hydrogen) atoms. The van der Waals surface area contributed by atoms with Crippen LogP contribution in [-0.4, -0.2) is 28.0 Å². The summed E-state index contributed by atoms with van der Waals surface area (Å²) in [5, 5.41) is 4.58. The lowest BCUT2D eigenvalue weighted by Gasteiger charge is -2.18. The molecule has 1 saturated heterocycles. The Morgan fingerprint density at radius 3 is 2.50 bits per heavy atom. The Morgan fingerprint density at radius 2 is 1.64 bits per heavy atom. The molecule has 4 aromatic rings. The Morgan fingerprint density at radius 1 is 0.821 bits per heavy atom. The molecule has 0 unspecified atom stereocenters. The number of rotatable bonds is 4. The van der Waals surface area contributed by atoms with E-state index in [0.29, 0.717) is 0 Å². The van der Waals surface area contributed by atoms with Crippen LogP contribution >= 0.6 is 0 Å². The molecule has 2 aromatic heterocycles. The number of benzene rings is 2. The molecule has 5 nitrogen and oxygen atoms in total. The molecule has 1 aliphatic rings. The zero-order chi connectivity index (χ0) is 18.8. The van der Waals surface area contributed by atoms with Crippen LogP contribution in [0, 0.1) is 0 Å². The third-order valence-corrected chi connectivity index (χ3v) is 5.07. The fraction of sp³-hybridized carbons (Fsp3) is 0.174. The Hall–Kier alpha value is -3.47. The molecule has 1 N–H and O–H groups in total.